The highest BCUT2D eigenvalue weighted by molar-refractivity contribution is 5.99. The maximum absolute atomic E-state index is 11.9. The van der Waals surface area contributed by atoms with E-state index in [2.05, 4.69) is 10.3 Å². The molecule has 5 heteroatoms. The number of carboxylic acid groups (broad SMARTS) is 1. The predicted molar refractivity (Wildman–Crippen MR) is 71.0 cm³/mol. The highest BCUT2D eigenvalue weighted by Crippen LogP contribution is 2.26. The number of rotatable bonds is 4. The largest absolute Gasteiger partial charge is 0.478 e. The van der Waals surface area contributed by atoms with Gasteiger partial charge in [0.15, 0.2) is 0 Å². The molecule has 1 aliphatic rings. The van der Waals surface area contributed by atoms with Crippen LogP contribution in [-0.2, 0) is 4.79 Å². The van der Waals surface area contributed by atoms with Gasteiger partial charge in [-0.15, -0.1) is 0 Å². The van der Waals surface area contributed by atoms with Crippen LogP contribution in [0.25, 0.3) is 0 Å². The van der Waals surface area contributed by atoms with E-state index in [0.717, 1.165) is 12.8 Å². The van der Waals surface area contributed by atoms with Crippen molar-refractivity contribution in [2.75, 3.05) is 5.32 Å². The molecule has 1 fully saturated rings. The first-order valence-electron chi connectivity index (χ1n) is 6.65. The number of hydrogen-bond acceptors (Lipinski definition) is 3. The fourth-order valence-corrected chi connectivity index (χ4v) is 2.51. The van der Waals surface area contributed by atoms with E-state index in [1.165, 1.54) is 31.5 Å². The van der Waals surface area contributed by atoms with Crippen molar-refractivity contribution in [3.8, 4) is 0 Å². The van der Waals surface area contributed by atoms with E-state index in [0.29, 0.717) is 12.3 Å². The van der Waals surface area contributed by atoms with Gasteiger partial charge >= 0.3 is 5.97 Å². The van der Waals surface area contributed by atoms with Gasteiger partial charge < -0.3 is 10.4 Å². The number of aromatic nitrogens is 1. The Kier molecular flexibility index (Phi) is 4.49. The Morgan fingerprint density at radius 1 is 1.32 bits per heavy atom. The number of anilines is 1. The number of nitrogens with one attached hydrogen (secondary N) is 1. The Balaban J connectivity index is 1.96. The third-order valence-electron chi connectivity index (χ3n) is 3.49. The zero-order valence-electron chi connectivity index (χ0n) is 10.8. The van der Waals surface area contributed by atoms with Crippen molar-refractivity contribution in [3.63, 3.8) is 0 Å². The highest BCUT2D eigenvalue weighted by Gasteiger charge is 2.19. The van der Waals surface area contributed by atoms with Gasteiger partial charge in [-0.05, 0) is 30.9 Å². The summed E-state index contributed by atoms with van der Waals surface area (Å²) in [4.78, 5) is 26.8. The Morgan fingerprint density at radius 3 is 2.74 bits per heavy atom. The van der Waals surface area contributed by atoms with Crippen LogP contribution in [0.1, 0.15) is 48.9 Å². The van der Waals surface area contributed by atoms with Crippen molar-refractivity contribution in [3.05, 3.63) is 23.9 Å². The van der Waals surface area contributed by atoms with Gasteiger partial charge in [-0.1, -0.05) is 19.3 Å². The molecule has 0 radical (unpaired) electrons. The molecule has 1 aliphatic carbocycles. The first-order valence-corrected chi connectivity index (χ1v) is 6.65. The zero-order valence-corrected chi connectivity index (χ0v) is 10.8. The summed E-state index contributed by atoms with van der Waals surface area (Å²) in [6.45, 7) is 0. The molecule has 1 saturated carbocycles. The van der Waals surface area contributed by atoms with Gasteiger partial charge in [-0.3, -0.25) is 4.79 Å². The SMILES string of the molecule is O=C(CC1CCCCC1)Nc1ncccc1C(=O)O. The van der Waals surface area contributed by atoms with Gasteiger partial charge in [-0.25, -0.2) is 9.78 Å². The van der Waals surface area contributed by atoms with Crippen LogP contribution in [0.3, 0.4) is 0 Å². The van der Waals surface area contributed by atoms with Crippen LogP contribution in [0, 0.1) is 5.92 Å². The lowest BCUT2D eigenvalue weighted by atomic mass is 9.87. The molecule has 2 rings (SSSR count). The van der Waals surface area contributed by atoms with Gasteiger partial charge in [0.2, 0.25) is 5.91 Å². The van der Waals surface area contributed by atoms with E-state index >= 15 is 0 Å². The molecule has 102 valence electrons. The zero-order chi connectivity index (χ0) is 13.7. The van der Waals surface area contributed by atoms with E-state index in [1.807, 2.05) is 0 Å². The van der Waals surface area contributed by atoms with E-state index in [1.54, 1.807) is 6.07 Å². The molecule has 0 spiro atoms. The number of pyridine rings is 1. The Morgan fingerprint density at radius 2 is 2.05 bits per heavy atom. The second-order valence-electron chi connectivity index (χ2n) is 4.96. The van der Waals surface area contributed by atoms with Crippen molar-refractivity contribution >= 4 is 17.7 Å². The monoisotopic (exact) mass is 262 g/mol. The molecule has 0 atom stereocenters. The van der Waals surface area contributed by atoms with Crippen LogP contribution in [0.5, 0.6) is 0 Å². The molecular weight excluding hydrogens is 244 g/mol. The van der Waals surface area contributed by atoms with Crippen LogP contribution < -0.4 is 5.32 Å². The fourth-order valence-electron chi connectivity index (χ4n) is 2.51. The second kappa shape index (κ2) is 6.31. The van der Waals surface area contributed by atoms with E-state index in [4.69, 9.17) is 5.11 Å². The lowest BCUT2D eigenvalue weighted by molar-refractivity contribution is -0.117. The average Bonchev–Trinajstić information content (AvgIpc) is 2.40. The molecule has 5 nitrogen and oxygen atoms in total. The minimum absolute atomic E-state index is 0.0273. The lowest BCUT2D eigenvalue weighted by Crippen LogP contribution is -2.20. The van der Waals surface area contributed by atoms with Gasteiger partial charge in [0.1, 0.15) is 11.4 Å². The summed E-state index contributed by atoms with van der Waals surface area (Å²) in [5, 5.41) is 11.6. The normalized spacial score (nSPS) is 16.0. The number of amides is 1. The molecule has 0 saturated heterocycles. The number of nitrogens with zero attached hydrogens (tertiary/aromatic N) is 1. The molecule has 0 bridgehead atoms. The Hall–Kier alpha value is -1.91. The maximum Gasteiger partial charge on any atom is 0.339 e. The van der Waals surface area contributed by atoms with Crippen LogP contribution in [-0.4, -0.2) is 22.0 Å². The van der Waals surface area contributed by atoms with Crippen molar-refractivity contribution in [2.45, 2.75) is 38.5 Å². The Labute approximate surface area is 112 Å². The van der Waals surface area contributed by atoms with E-state index < -0.39 is 5.97 Å². The van der Waals surface area contributed by atoms with Crippen molar-refractivity contribution in [1.82, 2.24) is 4.98 Å². The summed E-state index contributed by atoms with van der Waals surface area (Å²) < 4.78 is 0. The molecular formula is C14H18N2O3. The van der Waals surface area contributed by atoms with Gasteiger partial charge in [-0.2, -0.15) is 0 Å². The summed E-state index contributed by atoms with van der Waals surface area (Å²) in [5.74, 6) is -0.671. The number of aromatic carboxylic acids is 1. The van der Waals surface area contributed by atoms with E-state index in [9.17, 15) is 9.59 Å². The second-order valence-corrected chi connectivity index (χ2v) is 4.96. The Bertz CT molecular complexity index is 468. The molecule has 0 aliphatic heterocycles. The maximum atomic E-state index is 11.9. The topological polar surface area (TPSA) is 79.3 Å². The van der Waals surface area contributed by atoms with Crippen LogP contribution in [0.2, 0.25) is 0 Å². The summed E-state index contributed by atoms with van der Waals surface area (Å²) in [6.07, 6.45) is 7.71. The van der Waals surface area contributed by atoms with Crippen molar-refractivity contribution < 1.29 is 14.7 Å². The van der Waals surface area contributed by atoms with E-state index in [-0.39, 0.29) is 17.3 Å². The number of carbonyl (C=O) groups is 2. The smallest absolute Gasteiger partial charge is 0.339 e. The molecule has 2 N–H and O–H groups in total. The molecule has 1 aromatic rings. The lowest BCUT2D eigenvalue weighted by Gasteiger charge is -2.20. The van der Waals surface area contributed by atoms with Crippen molar-refractivity contribution in [2.24, 2.45) is 5.92 Å². The van der Waals surface area contributed by atoms with Gasteiger partial charge in [0.05, 0.1) is 0 Å². The van der Waals surface area contributed by atoms with Gasteiger partial charge in [0.25, 0.3) is 0 Å². The molecule has 1 amide bonds. The summed E-state index contributed by atoms with van der Waals surface area (Å²) in [7, 11) is 0. The first kappa shape index (κ1) is 13.5. The standard InChI is InChI=1S/C14H18N2O3/c17-12(9-10-5-2-1-3-6-10)16-13-11(14(18)19)7-4-8-15-13/h4,7-8,10H,1-3,5-6,9H2,(H,18,19)(H,15,16,17). The number of carboxylic acids is 1. The predicted octanol–water partition coefficient (Wildman–Crippen LogP) is 2.69. The van der Waals surface area contributed by atoms with Crippen LogP contribution in [0.15, 0.2) is 18.3 Å². The molecule has 19 heavy (non-hydrogen) atoms. The molecule has 0 aromatic carbocycles. The van der Waals surface area contributed by atoms with Crippen LogP contribution >= 0.6 is 0 Å². The third-order valence-corrected chi connectivity index (χ3v) is 3.49. The first-order chi connectivity index (χ1) is 9.16. The van der Waals surface area contributed by atoms with Crippen molar-refractivity contribution in [1.29, 1.82) is 0 Å². The molecule has 0 unspecified atom stereocenters. The molecule has 1 aromatic heterocycles. The summed E-state index contributed by atoms with van der Waals surface area (Å²) in [5.41, 5.74) is 0.0273. The highest BCUT2D eigenvalue weighted by atomic mass is 16.4. The number of hydrogen-bond donors (Lipinski definition) is 2. The summed E-state index contributed by atoms with van der Waals surface area (Å²) >= 11 is 0. The quantitative estimate of drug-likeness (QED) is 0.874. The third kappa shape index (κ3) is 3.77. The minimum Gasteiger partial charge on any atom is -0.478 e. The van der Waals surface area contributed by atoms with Crippen LogP contribution in [0.4, 0.5) is 5.82 Å². The minimum atomic E-state index is -1.08. The van der Waals surface area contributed by atoms with Gasteiger partial charge in [0, 0.05) is 12.6 Å². The number of carbonyl (C=O) groups excluding carboxylic acids is 1. The average molecular weight is 262 g/mol. The summed E-state index contributed by atoms with van der Waals surface area (Å²) in [6, 6.07) is 2.98. The molecule has 1 heterocycles. The fraction of sp³-hybridized carbons (Fsp3) is 0.500.